The van der Waals surface area contributed by atoms with Crippen molar-refractivity contribution in [3.8, 4) is 11.9 Å². The molecule has 0 atom stereocenters. The van der Waals surface area contributed by atoms with E-state index in [9.17, 15) is 0 Å². The van der Waals surface area contributed by atoms with E-state index in [1.807, 2.05) is 12.1 Å². The Morgan fingerprint density at radius 2 is 2.12 bits per heavy atom. The number of nitrogens with zero attached hydrogens (tertiary/aromatic N) is 2. The molecule has 4 heteroatoms. The fraction of sp³-hybridized carbons (Fsp3) is 0.231. The maximum atomic E-state index is 8.79. The zero-order valence-corrected chi connectivity index (χ0v) is 9.51. The second-order valence-corrected chi connectivity index (χ2v) is 3.51. The van der Waals surface area contributed by atoms with E-state index in [2.05, 4.69) is 11.1 Å². The number of ether oxygens (including phenoxy) is 2. The third-order valence-corrected chi connectivity index (χ3v) is 2.33. The lowest BCUT2D eigenvalue weighted by atomic mass is 10.1. The van der Waals surface area contributed by atoms with Gasteiger partial charge < -0.3 is 9.47 Å². The molecule has 86 valence electrons. The van der Waals surface area contributed by atoms with Crippen LogP contribution in [0.25, 0.3) is 10.9 Å². The number of rotatable bonds is 4. The molecular formula is C13H12N2O2. The molecule has 1 aromatic carbocycles. The summed E-state index contributed by atoms with van der Waals surface area (Å²) in [6, 6.07) is 11.2. The Bertz CT molecular complexity index is 561. The number of fused-ring (bicyclic) bond motifs is 1. The molecule has 0 unspecified atom stereocenters. The van der Waals surface area contributed by atoms with Crippen molar-refractivity contribution < 1.29 is 9.47 Å². The van der Waals surface area contributed by atoms with E-state index in [1.54, 1.807) is 25.3 Å². The summed E-state index contributed by atoms with van der Waals surface area (Å²) in [5.41, 5.74) is 1.45. The zero-order valence-electron chi connectivity index (χ0n) is 9.51. The summed E-state index contributed by atoms with van der Waals surface area (Å²) in [5.74, 6) is 0.569. The Kier molecular flexibility index (Phi) is 3.53. The molecule has 0 saturated carbocycles. The van der Waals surface area contributed by atoms with Gasteiger partial charge >= 0.3 is 0 Å². The number of aromatic nitrogens is 1. The van der Waals surface area contributed by atoms with E-state index in [1.165, 1.54) is 0 Å². The lowest BCUT2D eigenvalue weighted by Gasteiger charge is -2.05. The van der Waals surface area contributed by atoms with Gasteiger partial charge in [0.1, 0.15) is 6.61 Å². The molecule has 0 radical (unpaired) electrons. The minimum atomic E-state index is 0.477. The van der Waals surface area contributed by atoms with Gasteiger partial charge in [-0.2, -0.15) is 5.26 Å². The monoisotopic (exact) mass is 228 g/mol. The van der Waals surface area contributed by atoms with Crippen molar-refractivity contribution in [1.29, 1.82) is 5.26 Å². The van der Waals surface area contributed by atoms with Crippen molar-refractivity contribution in [2.45, 2.75) is 0 Å². The maximum Gasteiger partial charge on any atom is 0.213 e. The fourth-order valence-electron chi connectivity index (χ4n) is 1.49. The van der Waals surface area contributed by atoms with Gasteiger partial charge in [0.2, 0.25) is 5.88 Å². The molecule has 2 rings (SSSR count). The van der Waals surface area contributed by atoms with Crippen LogP contribution >= 0.6 is 0 Å². The second kappa shape index (κ2) is 5.28. The summed E-state index contributed by atoms with van der Waals surface area (Å²) in [6.45, 7) is 1.01. The highest BCUT2D eigenvalue weighted by Gasteiger charge is 2.00. The smallest absolute Gasteiger partial charge is 0.213 e. The molecule has 0 amide bonds. The SMILES string of the molecule is COCCOc1ccc2cc(C#N)ccc2n1. The van der Waals surface area contributed by atoms with Gasteiger partial charge in [-0.15, -0.1) is 0 Å². The zero-order chi connectivity index (χ0) is 12.1. The fourth-order valence-corrected chi connectivity index (χ4v) is 1.49. The molecule has 1 heterocycles. The molecule has 0 N–H and O–H groups in total. The molecule has 17 heavy (non-hydrogen) atoms. The number of methoxy groups -OCH3 is 1. The second-order valence-electron chi connectivity index (χ2n) is 3.51. The Balaban J connectivity index is 2.23. The van der Waals surface area contributed by atoms with Crippen LogP contribution < -0.4 is 4.74 Å². The van der Waals surface area contributed by atoms with Gasteiger partial charge in [-0.25, -0.2) is 4.98 Å². The average Bonchev–Trinajstić information content (AvgIpc) is 2.38. The third-order valence-electron chi connectivity index (χ3n) is 2.33. The van der Waals surface area contributed by atoms with Gasteiger partial charge in [0.15, 0.2) is 0 Å². The molecule has 0 bridgehead atoms. The molecule has 0 fully saturated rings. The van der Waals surface area contributed by atoms with E-state index in [0.29, 0.717) is 24.7 Å². The summed E-state index contributed by atoms with van der Waals surface area (Å²) in [6.07, 6.45) is 0. The Morgan fingerprint density at radius 3 is 2.88 bits per heavy atom. The van der Waals surface area contributed by atoms with Gasteiger partial charge in [-0.3, -0.25) is 0 Å². The van der Waals surface area contributed by atoms with Crippen molar-refractivity contribution in [1.82, 2.24) is 4.98 Å². The third kappa shape index (κ3) is 2.71. The first-order valence-electron chi connectivity index (χ1n) is 5.26. The van der Waals surface area contributed by atoms with E-state index < -0.39 is 0 Å². The van der Waals surface area contributed by atoms with Crippen LogP contribution in [0.4, 0.5) is 0 Å². The minimum Gasteiger partial charge on any atom is -0.475 e. The van der Waals surface area contributed by atoms with Gasteiger partial charge in [-0.1, -0.05) is 0 Å². The van der Waals surface area contributed by atoms with Crippen LogP contribution in [-0.2, 0) is 4.74 Å². The van der Waals surface area contributed by atoms with Gasteiger partial charge in [0.25, 0.3) is 0 Å². The lowest BCUT2D eigenvalue weighted by molar-refractivity contribution is 0.144. The van der Waals surface area contributed by atoms with Crippen LogP contribution in [0.2, 0.25) is 0 Å². The van der Waals surface area contributed by atoms with E-state index >= 15 is 0 Å². The number of pyridine rings is 1. The normalized spacial score (nSPS) is 10.1. The van der Waals surface area contributed by atoms with Crippen LogP contribution in [0.1, 0.15) is 5.56 Å². The molecule has 0 aliphatic rings. The molecule has 0 saturated heterocycles. The minimum absolute atomic E-state index is 0.477. The number of hydrogen-bond donors (Lipinski definition) is 0. The summed E-state index contributed by atoms with van der Waals surface area (Å²) in [5, 5.41) is 9.72. The van der Waals surface area contributed by atoms with Gasteiger partial charge in [0.05, 0.1) is 23.8 Å². The van der Waals surface area contributed by atoms with E-state index in [0.717, 1.165) is 10.9 Å². The summed E-state index contributed by atoms with van der Waals surface area (Å²) >= 11 is 0. The number of hydrogen-bond acceptors (Lipinski definition) is 4. The van der Waals surface area contributed by atoms with Crippen LogP contribution in [0.15, 0.2) is 30.3 Å². The van der Waals surface area contributed by atoms with Gasteiger partial charge in [-0.05, 0) is 24.3 Å². The van der Waals surface area contributed by atoms with Crippen LogP contribution in [0, 0.1) is 11.3 Å². The molecule has 0 aliphatic heterocycles. The highest BCUT2D eigenvalue weighted by Crippen LogP contribution is 2.17. The van der Waals surface area contributed by atoms with Crippen LogP contribution in [0.5, 0.6) is 5.88 Å². The van der Waals surface area contributed by atoms with Crippen molar-refractivity contribution in [3.63, 3.8) is 0 Å². The molecular weight excluding hydrogens is 216 g/mol. The van der Waals surface area contributed by atoms with Crippen LogP contribution in [0.3, 0.4) is 0 Å². The first-order valence-corrected chi connectivity index (χ1v) is 5.26. The Morgan fingerprint density at radius 1 is 1.24 bits per heavy atom. The topological polar surface area (TPSA) is 55.1 Å². The highest BCUT2D eigenvalue weighted by molar-refractivity contribution is 5.80. The highest BCUT2D eigenvalue weighted by atomic mass is 16.5. The Labute approximate surface area is 99.4 Å². The van der Waals surface area contributed by atoms with Crippen molar-refractivity contribution in [2.24, 2.45) is 0 Å². The quantitative estimate of drug-likeness (QED) is 0.752. The summed E-state index contributed by atoms with van der Waals surface area (Å²) in [4.78, 5) is 4.34. The average molecular weight is 228 g/mol. The van der Waals surface area contributed by atoms with E-state index in [-0.39, 0.29) is 0 Å². The molecule has 0 aliphatic carbocycles. The lowest BCUT2D eigenvalue weighted by Crippen LogP contribution is -2.05. The van der Waals surface area contributed by atoms with Crippen molar-refractivity contribution >= 4 is 10.9 Å². The molecule has 1 aromatic heterocycles. The number of benzene rings is 1. The van der Waals surface area contributed by atoms with E-state index in [4.69, 9.17) is 14.7 Å². The molecule has 2 aromatic rings. The Hall–Kier alpha value is -2.12. The summed E-state index contributed by atoms with van der Waals surface area (Å²) < 4.78 is 10.3. The standard InChI is InChI=1S/C13H12N2O2/c1-16-6-7-17-13-5-3-11-8-10(9-14)2-4-12(11)15-13/h2-5,8H,6-7H2,1H3. The molecule has 4 nitrogen and oxygen atoms in total. The maximum absolute atomic E-state index is 8.79. The predicted octanol–water partition coefficient (Wildman–Crippen LogP) is 2.13. The first kappa shape index (κ1) is 11.4. The first-order chi connectivity index (χ1) is 8.33. The predicted molar refractivity (Wildman–Crippen MR) is 63.8 cm³/mol. The van der Waals surface area contributed by atoms with Crippen LogP contribution in [-0.4, -0.2) is 25.3 Å². The molecule has 0 spiro atoms. The summed E-state index contributed by atoms with van der Waals surface area (Å²) in [7, 11) is 1.63. The van der Waals surface area contributed by atoms with Gasteiger partial charge in [0, 0.05) is 18.6 Å². The van der Waals surface area contributed by atoms with Crippen molar-refractivity contribution in [3.05, 3.63) is 35.9 Å². The number of nitriles is 1. The van der Waals surface area contributed by atoms with Crippen molar-refractivity contribution in [2.75, 3.05) is 20.3 Å². The largest absolute Gasteiger partial charge is 0.475 e.